The molecule has 0 heterocycles. The molecule has 0 radical (unpaired) electrons. The monoisotopic (exact) mass is 322 g/mol. The molecular weight excluding hydrogens is 296 g/mol. The fourth-order valence-corrected chi connectivity index (χ4v) is 2.01. The van der Waals surface area contributed by atoms with Crippen molar-refractivity contribution in [1.82, 2.24) is 0 Å². The molecule has 5 heteroatoms. The van der Waals surface area contributed by atoms with Crippen LogP contribution >= 0.6 is 0 Å². The Morgan fingerprint density at radius 2 is 1.48 bits per heavy atom. The minimum absolute atomic E-state index is 0.248. The summed E-state index contributed by atoms with van der Waals surface area (Å²) in [6.45, 7) is 5.35. The van der Waals surface area contributed by atoms with Crippen molar-refractivity contribution in [2.24, 2.45) is 5.92 Å². The molecule has 5 nitrogen and oxygen atoms in total. The van der Waals surface area contributed by atoms with Gasteiger partial charge in [0.05, 0.1) is 24.3 Å². The van der Waals surface area contributed by atoms with Crippen LogP contribution in [0.5, 0.6) is 0 Å². The molecule has 23 heavy (non-hydrogen) atoms. The highest BCUT2D eigenvalue weighted by Gasteiger charge is 2.18. The molecule has 128 valence electrons. The second-order valence-corrected chi connectivity index (χ2v) is 5.49. The number of carbonyl (C=O) groups excluding carboxylic acids is 2. The summed E-state index contributed by atoms with van der Waals surface area (Å²) in [7, 11) is 1.67. The Balaban J connectivity index is 2.57. The van der Waals surface area contributed by atoms with Crippen LogP contribution in [0.15, 0.2) is 24.3 Å². The van der Waals surface area contributed by atoms with Gasteiger partial charge >= 0.3 is 11.9 Å². The van der Waals surface area contributed by atoms with Gasteiger partial charge in [0.15, 0.2) is 0 Å². The van der Waals surface area contributed by atoms with E-state index in [1.807, 2.05) is 6.92 Å². The first-order valence-corrected chi connectivity index (χ1v) is 8.02. The Kier molecular flexibility index (Phi) is 8.98. The fraction of sp³-hybridized carbons (Fsp3) is 0.556. The summed E-state index contributed by atoms with van der Waals surface area (Å²) in [6.07, 6.45) is 2.42. The third kappa shape index (κ3) is 6.82. The predicted octanol–water partition coefficient (Wildman–Crippen LogP) is 3.47. The molecule has 0 aliphatic heterocycles. The lowest BCUT2D eigenvalue weighted by Gasteiger charge is -2.12. The smallest absolute Gasteiger partial charge is 0.339 e. The average Bonchev–Trinajstić information content (AvgIpc) is 2.57. The molecule has 1 rings (SSSR count). The Bertz CT molecular complexity index is 498. The van der Waals surface area contributed by atoms with E-state index < -0.39 is 11.9 Å². The maximum atomic E-state index is 12.2. The number of hydrogen-bond acceptors (Lipinski definition) is 5. The first-order valence-electron chi connectivity index (χ1n) is 8.02. The van der Waals surface area contributed by atoms with E-state index in [-0.39, 0.29) is 11.1 Å². The van der Waals surface area contributed by atoms with Gasteiger partial charge in [-0.1, -0.05) is 26.0 Å². The molecule has 0 amide bonds. The lowest BCUT2D eigenvalue weighted by Crippen LogP contribution is -2.15. The van der Waals surface area contributed by atoms with Gasteiger partial charge in [-0.05, 0) is 37.3 Å². The largest absolute Gasteiger partial charge is 0.462 e. The number of hydrogen-bond donors (Lipinski definition) is 0. The summed E-state index contributed by atoms with van der Waals surface area (Å²) in [5, 5.41) is 0. The summed E-state index contributed by atoms with van der Waals surface area (Å²) in [5.41, 5.74) is 0.497. The van der Waals surface area contributed by atoms with Gasteiger partial charge in [-0.15, -0.1) is 0 Å². The molecule has 0 N–H and O–H groups in total. The summed E-state index contributed by atoms with van der Waals surface area (Å²) >= 11 is 0. The topological polar surface area (TPSA) is 61.8 Å². The summed E-state index contributed by atoms with van der Waals surface area (Å²) < 4.78 is 15.4. The van der Waals surface area contributed by atoms with Crippen LogP contribution in [0.4, 0.5) is 0 Å². The average molecular weight is 322 g/mol. The standard InChI is InChI=1S/C18H26O5/c1-4-11-22-17(19)15-7-5-6-8-16(15)18(20)23-13-10-14(2)9-12-21-3/h5-8,14H,4,9-13H2,1-3H3. The Morgan fingerprint density at radius 1 is 0.957 bits per heavy atom. The Labute approximate surface area is 137 Å². The number of rotatable bonds is 10. The fourth-order valence-electron chi connectivity index (χ4n) is 2.01. The second kappa shape index (κ2) is 10.8. The summed E-state index contributed by atoms with van der Waals surface area (Å²) in [6, 6.07) is 6.57. The lowest BCUT2D eigenvalue weighted by atomic mass is 10.1. The van der Waals surface area contributed by atoms with E-state index in [2.05, 4.69) is 6.92 Å². The Morgan fingerprint density at radius 3 is 2.00 bits per heavy atom. The van der Waals surface area contributed by atoms with Crippen molar-refractivity contribution in [1.29, 1.82) is 0 Å². The van der Waals surface area contributed by atoms with Crippen LogP contribution in [-0.2, 0) is 14.2 Å². The van der Waals surface area contributed by atoms with Crippen LogP contribution < -0.4 is 0 Å². The van der Waals surface area contributed by atoms with Crippen molar-refractivity contribution in [3.8, 4) is 0 Å². The van der Waals surface area contributed by atoms with Crippen molar-refractivity contribution in [2.45, 2.75) is 33.1 Å². The van der Waals surface area contributed by atoms with Crippen LogP contribution in [0.3, 0.4) is 0 Å². The van der Waals surface area contributed by atoms with Crippen LogP contribution in [0.25, 0.3) is 0 Å². The van der Waals surface area contributed by atoms with Gasteiger partial charge in [0.25, 0.3) is 0 Å². The molecule has 0 bridgehead atoms. The van der Waals surface area contributed by atoms with E-state index >= 15 is 0 Å². The zero-order valence-electron chi connectivity index (χ0n) is 14.2. The maximum absolute atomic E-state index is 12.2. The van der Waals surface area contributed by atoms with Gasteiger partial charge in [0.2, 0.25) is 0 Å². The summed E-state index contributed by atoms with van der Waals surface area (Å²) in [5.74, 6) is -0.576. The molecule has 0 saturated carbocycles. The van der Waals surface area contributed by atoms with Gasteiger partial charge in [-0.2, -0.15) is 0 Å². The molecule has 1 aromatic carbocycles. The summed E-state index contributed by atoms with van der Waals surface area (Å²) in [4.78, 5) is 24.2. The third-order valence-corrected chi connectivity index (χ3v) is 3.46. The predicted molar refractivity (Wildman–Crippen MR) is 87.6 cm³/mol. The highest BCUT2D eigenvalue weighted by Crippen LogP contribution is 2.14. The molecule has 0 aromatic heterocycles. The molecule has 1 unspecified atom stereocenters. The number of benzene rings is 1. The molecule has 0 saturated heterocycles. The highest BCUT2D eigenvalue weighted by molar-refractivity contribution is 6.03. The minimum atomic E-state index is -0.493. The van der Waals surface area contributed by atoms with Crippen molar-refractivity contribution in [3.63, 3.8) is 0 Å². The zero-order valence-corrected chi connectivity index (χ0v) is 14.2. The van der Waals surface area contributed by atoms with Crippen molar-refractivity contribution in [2.75, 3.05) is 26.9 Å². The molecular formula is C18H26O5. The SMILES string of the molecule is CCCOC(=O)c1ccccc1C(=O)OCCC(C)CCOC. The van der Waals surface area contributed by atoms with Gasteiger partial charge in [-0.25, -0.2) is 9.59 Å². The maximum Gasteiger partial charge on any atom is 0.339 e. The number of esters is 2. The van der Waals surface area contributed by atoms with Crippen molar-refractivity contribution in [3.05, 3.63) is 35.4 Å². The van der Waals surface area contributed by atoms with Gasteiger partial charge < -0.3 is 14.2 Å². The van der Waals surface area contributed by atoms with E-state index in [1.54, 1.807) is 31.4 Å². The Hall–Kier alpha value is -1.88. The van der Waals surface area contributed by atoms with Crippen LogP contribution in [0, 0.1) is 5.92 Å². The quantitative estimate of drug-likeness (QED) is 0.617. The van der Waals surface area contributed by atoms with E-state index in [1.165, 1.54) is 0 Å². The first kappa shape index (κ1) is 19.2. The zero-order chi connectivity index (χ0) is 17.1. The molecule has 0 aliphatic carbocycles. The molecule has 0 spiro atoms. The van der Waals surface area contributed by atoms with Crippen molar-refractivity contribution < 1.29 is 23.8 Å². The van der Waals surface area contributed by atoms with Crippen molar-refractivity contribution >= 4 is 11.9 Å². The molecule has 1 atom stereocenters. The van der Waals surface area contributed by atoms with Gasteiger partial charge in [0.1, 0.15) is 0 Å². The van der Waals surface area contributed by atoms with E-state index in [0.29, 0.717) is 25.7 Å². The third-order valence-electron chi connectivity index (χ3n) is 3.46. The van der Waals surface area contributed by atoms with Gasteiger partial charge in [0, 0.05) is 13.7 Å². The van der Waals surface area contributed by atoms with Crippen LogP contribution in [0.2, 0.25) is 0 Å². The second-order valence-electron chi connectivity index (χ2n) is 5.49. The first-order chi connectivity index (χ1) is 11.1. The lowest BCUT2D eigenvalue weighted by molar-refractivity contribution is 0.0443. The van der Waals surface area contributed by atoms with Crippen LogP contribution in [-0.4, -0.2) is 38.9 Å². The van der Waals surface area contributed by atoms with E-state index in [0.717, 1.165) is 19.3 Å². The van der Waals surface area contributed by atoms with E-state index in [4.69, 9.17) is 14.2 Å². The van der Waals surface area contributed by atoms with E-state index in [9.17, 15) is 9.59 Å². The number of methoxy groups -OCH3 is 1. The number of carbonyl (C=O) groups is 2. The normalized spacial score (nSPS) is 11.8. The minimum Gasteiger partial charge on any atom is -0.462 e. The molecule has 0 fully saturated rings. The molecule has 1 aromatic rings. The molecule has 0 aliphatic rings. The highest BCUT2D eigenvalue weighted by atomic mass is 16.5. The number of ether oxygens (including phenoxy) is 3. The van der Waals surface area contributed by atoms with Gasteiger partial charge in [-0.3, -0.25) is 0 Å². The van der Waals surface area contributed by atoms with Crippen LogP contribution in [0.1, 0.15) is 53.8 Å².